The molecule has 0 bridgehead atoms. The van der Waals surface area contributed by atoms with Crippen LogP contribution in [0.5, 0.6) is 0 Å². The fraction of sp³-hybridized carbons (Fsp3) is 0.571. The first-order valence-corrected chi connectivity index (χ1v) is 6.34. The number of nitrogens with one attached hydrogen (secondary N) is 1. The van der Waals surface area contributed by atoms with Gasteiger partial charge in [-0.1, -0.05) is 12.1 Å². The molecule has 2 rings (SSSR count). The molecule has 3 nitrogen and oxygen atoms in total. The Kier molecular flexibility index (Phi) is 4.40. The van der Waals surface area contributed by atoms with Crippen LogP contribution in [0.1, 0.15) is 18.4 Å². The van der Waals surface area contributed by atoms with Crippen molar-refractivity contribution in [2.45, 2.75) is 25.5 Å². The Morgan fingerprint density at radius 1 is 1.35 bits per heavy atom. The van der Waals surface area contributed by atoms with Crippen LogP contribution in [-0.2, 0) is 11.3 Å². The van der Waals surface area contributed by atoms with E-state index in [-0.39, 0.29) is 0 Å². The van der Waals surface area contributed by atoms with E-state index in [9.17, 15) is 0 Å². The summed E-state index contributed by atoms with van der Waals surface area (Å²) in [6, 6.07) is 8.82. The van der Waals surface area contributed by atoms with Crippen molar-refractivity contribution in [2.75, 3.05) is 32.1 Å². The van der Waals surface area contributed by atoms with Gasteiger partial charge in [0.1, 0.15) is 0 Å². The highest BCUT2D eigenvalue weighted by molar-refractivity contribution is 5.48. The Balaban J connectivity index is 2.01. The molecule has 0 saturated carbocycles. The molecule has 1 aromatic carbocycles. The maximum Gasteiger partial charge on any atom is 0.0746 e. The second-order valence-electron chi connectivity index (χ2n) is 4.64. The maximum absolute atomic E-state index is 5.45. The summed E-state index contributed by atoms with van der Waals surface area (Å²) < 4.78 is 5.45. The number of nitrogens with zero attached hydrogens (tertiary/aromatic N) is 1. The first-order valence-electron chi connectivity index (χ1n) is 6.34. The van der Waals surface area contributed by atoms with E-state index in [1.54, 1.807) is 0 Å². The summed E-state index contributed by atoms with van der Waals surface area (Å²) in [6.45, 7) is 3.09. The van der Waals surface area contributed by atoms with Gasteiger partial charge >= 0.3 is 0 Å². The molecule has 1 aliphatic rings. The quantitative estimate of drug-likeness (QED) is 0.862. The molecule has 0 radical (unpaired) electrons. The highest BCUT2D eigenvalue weighted by atomic mass is 16.5. The van der Waals surface area contributed by atoms with Gasteiger partial charge in [-0.15, -0.1) is 0 Å². The Labute approximate surface area is 104 Å². The Bertz CT molecular complexity index is 337. The van der Waals surface area contributed by atoms with Gasteiger partial charge in [-0.05, 0) is 37.6 Å². The Hall–Kier alpha value is -1.06. The monoisotopic (exact) mass is 234 g/mol. The third-order valence-electron chi connectivity index (χ3n) is 3.39. The normalized spacial score (nSPS) is 20.6. The largest absolute Gasteiger partial charge is 0.380 e. The van der Waals surface area contributed by atoms with Gasteiger partial charge in [0.05, 0.1) is 6.10 Å². The van der Waals surface area contributed by atoms with Crippen molar-refractivity contribution in [3.63, 3.8) is 0 Å². The standard InChI is InChI=1S/C14H22N2O/c1-15-10-12-5-7-13(8-6-12)16-9-3-4-14(11-16)17-2/h5-8,14-15H,3-4,9-11H2,1-2H3. The van der Waals surface area contributed by atoms with Crippen molar-refractivity contribution in [3.8, 4) is 0 Å². The van der Waals surface area contributed by atoms with Crippen molar-refractivity contribution in [1.82, 2.24) is 5.32 Å². The van der Waals surface area contributed by atoms with Gasteiger partial charge in [-0.3, -0.25) is 0 Å². The topological polar surface area (TPSA) is 24.5 Å². The van der Waals surface area contributed by atoms with E-state index in [1.165, 1.54) is 24.1 Å². The van der Waals surface area contributed by atoms with Crippen LogP contribution in [0.25, 0.3) is 0 Å². The molecule has 3 heteroatoms. The van der Waals surface area contributed by atoms with Crippen LogP contribution in [0.2, 0.25) is 0 Å². The average Bonchev–Trinajstić information content (AvgIpc) is 2.40. The first-order chi connectivity index (χ1) is 8.33. The fourth-order valence-electron chi connectivity index (χ4n) is 2.39. The molecule has 1 unspecified atom stereocenters. The van der Waals surface area contributed by atoms with Crippen LogP contribution in [-0.4, -0.2) is 33.4 Å². The maximum atomic E-state index is 5.45. The van der Waals surface area contributed by atoms with Crippen LogP contribution in [0.15, 0.2) is 24.3 Å². The molecular formula is C14H22N2O. The highest BCUT2D eigenvalue weighted by Gasteiger charge is 2.19. The van der Waals surface area contributed by atoms with Crippen LogP contribution in [0, 0.1) is 0 Å². The van der Waals surface area contributed by atoms with Gasteiger partial charge in [-0.25, -0.2) is 0 Å². The number of anilines is 1. The van der Waals surface area contributed by atoms with E-state index in [0.29, 0.717) is 6.10 Å². The second kappa shape index (κ2) is 6.03. The average molecular weight is 234 g/mol. The first kappa shape index (κ1) is 12.4. The molecule has 0 amide bonds. The van der Waals surface area contributed by atoms with E-state index in [1.807, 2.05) is 14.2 Å². The predicted octanol–water partition coefficient (Wildman–Crippen LogP) is 2.02. The minimum absolute atomic E-state index is 0.390. The molecular weight excluding hydrogens is 212 g/mol. The number of hydrogen-bond acceptors (Lipinski definition) is 3. The molecule has 1 fully saturated rings. The summed E-state index contributed by atoms with van der Waals surface area (Å²) in [4.78, 5) is 2.42. The van der Waals surface area contributed by atoms with Crippen molar-refractivity contribution in [2.24, 2.45) is 0 Å². The zero-order chi connectivity index (χ0) is 12.1. The number of hydrogen-bond donors (Lipinski definition) is 1. The number of ether oxygens (including phenoxy) is 1. The molecule has 0 aliphatic carbocycles. The van der Waals surface area contributed by atoms with E-state index in [0.717, 1.165) is 19.6 Å². The minimum Gasteiger partial charge on any atom is -0.380 e. The lowest BCUT2D eigenvalue weighted by atomic mass is 10.1. The minimum atomic E-state index is 0.390. The zero-order valence-corrected chi connectivity index (χ0v) is 10.8. The number of piperidine rings is 1. The highest BCUT2D eigenvalue weighted by Crippen LogP contribution is 2.21. The van der Waals surface area contributed by atoms with Crippen LogP contribution < -0.4 is 10.2 Å². The molecule has 1 aromatic rings. The van der Waals surface area contributed by atoms with Crippen LogP contribution in [0.4, 0.5) is 5.69 Å². The SMILES string of the molecule is CNCc1ccc(N2CCCC(OC)C2)cc1. The Morgan fingerprint density at radius 3 is 2.76 bits per heavy atom. The molecule has 94 valence electrons. The van der Waals surface area contributed by atoms with Crippen LogP contribution >= 0.6 is 0 Å². The summed E-state index contributed by atoms with van der Waals surface area (Å²) >= 11 is 0. The molecule has 1 aliphatic heterocycles. The Morgan fingerprint density at radius 2 is 2.12 bits per heavy atom. The van der Waals surface area contributed by atoms with Gasteiger partial charge < -0.3 is 15.0 Å². The molecule has 1 heterocycles. The summed E-state index contributed by atoms with van der Waals surface area (Å²) in [5.74, 6) is 0. The molecule has 1 saturated heterocycles. The third kappa shape index (κ3) is 3.20. The van der Waals surface area contributed by atoms with Crippen molar-refractivity contribution in [3.05, 3.63) is 29.8 Å². The number of benzene rings is 1. The van der Waals surface area contributed by atoms with E-state index in [2.05, 4.69) is 34.5 Å². The molecule has 0 aromatic heterocycles. The lowest BCUT2D eigenvalue weighted by Crippen LogP contribution is -2.39. The van der Waals surface area contributed by atoms with Crippen molar-refractivity contribution >= 4 is 5.69 Å². The number of rotatable bonds is 4. The van der Waals surface area contributed by atoms with E-state index >= 15 is 0 Å². The summed E-state index contributed by atoms with van der Waals surface area (Å²) in [7, 11) is 3.78. The van der Waals surface area contributed by atoms with Gasteiger partial charge in [0, 0.05) is 32.4 Å². The van der Waals surface area contributed by atoms with Gasteiger partial charge in [0.25, 0.3) is 0 Å². The van der Waals surface area contributed by atoms with Crippen molar-refractivity contribution < 1.29 is 4.74 Å². The summed E-state index contributed by atoms with van der Waals surface area (Å²) in [5, 5.41) is 3.17. The smallest absolute Gasteiger partial charge is 0.0746 e. The lowest BCUT2D eigenvalue weighted by molar-refractivity contribution is 0.0893. The van der Waals surface area contributed by atoms with Gasteiger partial charge in [0.2, 0.25) is 0 Å². The third-order valence-corrected chi connectivity index (χ3v) is 3.39. The summed E-state index contributed by atoms with van der Waals surface area (Å²) in [5.41, 5.74) is 2.64. The number of methoxy groups -OCH3 is 1. The van der Waals surface area contributed by atoms with E-state index in [4.69, 9.17) is 4.74 Å². The van der Waals surface area contributed by atoms with E-state index < -0.39 is 0 Å². The van der Waals surface area contributed by atoms with Gasteiger partial charge in [-0.2, -0.15) is 0 Å². The summed E-state index contributed by atoms with van der Waals surface area (Å²) in [6.07, 6.45) is 2.79. The lowest BCUT2D eigenvalue weighted by Gasteiger charge is -2.33. The molecule has 1 atom stereocenters. The molecule has 17 heavy (non-hydrogen) atoms. The van der Waals surface area contributed by atoms with Gasteiger partial charge in [0.15, 0.2) is 0 Å². The predicted molar refractivity (Wildman–Crippen MR) is 71.4 cm³/mol. The molecule has 1 N–H and O–H groups in total. The fourth-order valence-corrected chi connectivity index (χ4v) is 2.39. The van der Waals surface area contributed by atoms with Crippen molar-refractivity contribution in [1.29, 1.82) is 0 Å². The van der Waals surface area contributed by atoms with Crippen LogP contribution in [0.3, 0.4) is 0 Å². The molecule has 0 spiro atoms. The zero-order valence-electron chi connectivity index (χ0n) is 10.8. The second-order valence-corrected chi connectivity index (χ2v) is 4.64.